The van der Waals surface area contributed by atoms with E-state index < -0.39 is 11.6 Å². The first-order valence-corrected chi connectivity index (χ1v) is 6.88. The number of carbonyl (C=O) groups is 1. The Balaban J connectivity index is 1.57. The van der Waals surface area contributed by atoms with Crippen LogP contribution >= 0.6 is 0 Å². The van der Waals surface area contributed by atoms with Gasteiger partial charge in [-0.25, -0.2) is 8.78 Å². The van der Waals surface area contributed by atoms with Gasteiger partial charge in [-0.1, -0.05) is 18.6 Å². The molecule has 19 heavy (non-hydrogen) atoms. The smallest absolute Gasteiger partial charge is 0.223 e. The minimum Gasteiger partial charge on any atom is -0.356 e. The molecule has 0 aliphatic heterocycles. The lowest BCUT2D eigenvalue weighted by Crippen LogP contribution is -2.33. The van der Waals surface area contributed by atoms with Crippen molar-refractivity contribution in [3.8, 4) is 0 Å². The van der Waals surface area contributed by atoms with Crippen LogP contribution in [0.25, 0.3) is 0 Å². The summed E-state index contributed by atoms with van der Waals surface area (Å²) < 4.78 is 26.7. The Morgan fingerprint density at radius 3 is 2.79 bits per heavy atom. The molecule has 2 nitrogen and oxygen atoms in total. The average molecular weight is 265 g/mol. The predicted molar refractivity (Wildman–Crippen MR) is 67.6 cm³/mol. The van der Waals surface area contributed by atoms with E-state index in [-0.39, 0.29) is 17.7 Å². The molecule has 1 amide bonds. The van der Waals surface area contributed by atoms with Gasteiger partial charge in [0.15, 0.2) is 11.6 Å². The van der Waals surface area contributed by atoms with Crippen LogP contribution in [0.4, 0.5) is 8.78 Å². The lowest BCUT2D eigenvalue weighted by molar-refractivity contribution is -0.122. The minimum atomic E-state index is -0.835. The third-order valence-electron chi connectivity index (χ3n) is 4.30. The first-order chi connectivity index (χ1) is 9.16. The van der Waals surface area contributed by atoms with Gasteiger partial charge in [0.2, 0.25) is 5.91 Å². The van der Waals surface area contributed by atoms with Gasteiger partial charge in [0.25, 0.3) is 0 Å². The summed E-state index contributed by atoms with van der Waals surface area (Å²) in [4.78, 5) is 11.9. The first-order valence-electron chi connectivity index (χ1n) is 6.88. The Hall–Kier alpha value is -1.45. The van der Waals surface area contributed by atoms with Crippen molar-refractivity contribution in [2.24, 2.45) is 11.8 Å². The van der Waals surface area contributed by atoms with Crippen molar-refractivity contribution in [3.63, 3.8) is 0 Å². The van der Waals surface area contributed by atoms with E-state index in [9.17, 15) is 13.6 Å². The zero-order chi connectivity index (χ0) is 13.4. The summed E-state index contributed by atoms with van der Waals surface area (Å²) in [6.07, 6.45) is 4.25. The third-order valence-corrected chi connectivity index (χ3v) is 4.30. The van der Waals surface area contributed by atoms with Crippen molar-refractivity contribution < 1.29 is 13.6 Å². The van der Waals surface area contributed by atoms with E-state index in [2.05, 4.69) is 5.32 Å². The fourth-order valence-corrected chi connectivity index (χ4v) is 2.71. The second kappa shape index (κ2) is 4.91. The second-order valence-electron chi connectivity index (χ2n) is 5.63. The minimum absolute atomic E-state index is 0.0134. The summed E-state index contributed by atoms with van der Waals surface area (Å²) in [6.45, 7) is 0.730. The molecule has 0 saturated heterocycles. The maximum atomic E-state index is 13.6. The van der Waals surface area contributed by atoms with Crippen LogP contribution in [-0.4, -0.2) is 12.5 Å². The SMILES string of the molecule is O=C(NCC1CCC1)[C@@H]1C[C@H]1c1cccc(F)c1F. The number of carbonyl (C=O) groups excluding carboxylic acids is 1. The monoisotopic (exact) mass is 265 g/mol. The van der Waals surface area contributed by atoms with E-state index in [0.717, 1.165) is 12.6 Å². The Kier molecular flexibility index (Phi) is 3.25. The summed E-state index contributed by atoms with van der Waals surface area (Å²) in [7, 11) is 0. The van der Waals surface area contributed by atoms with Crippen LogP contribution < -0.4 is 5.32 Å². The van der Waals surface area contributed by atoms with Crippen LogP contribution in [0, 0.1) is 23.5 Å². The third kappa shape index (κ3) is 2.48. The molecule has 1 aromatic rings. The van der Waals surface area contributed by atoms with Crippen LogP contribution in [0.5, 0.6) is 0 Å². The van der Waals surface area contributed by atoms with E-state index >= 15 is 0 Å². The standard InChI is InChI=1S/C15H17F2NO/c16-13-6-2-5-10(14(13)17)11-7-12(11)15(19)18-8-9-3-1-4-9/h2,5-6,9,11-12H,1,3-4,7-8H2,(H,18,19)/t11-,12+/m0/s1. The van der Waals surface area contributed by atoms with Gasteiger partial charge in [-0.15, -0.1) is 0 Å². The molecule has 2 fully saturated rings. The summed E-state index contributed by atoms with van der Waals surface area (Å²) in [5.74, 6) is -1.37. The van der Waals surface area contributed by atoms with Gasteiger partial charge >= 0.3 is 0 Å². The largest absolute Gasteiger partial charge is 0.356 e. The number of amides is 1. The molecule has 3 rings (SSSR count). The van der Waals surface area contributed by atoms with E-state index in [4.69, 9.17) is 0 Å². The number of hydrogen-bond acceptors (Lipinski definition) is 1. The Morgan fingerprint density at radius 1 is 1.32 bits per heavy atom. The summed E-state index contributed by atoms with van der Waals surface area (Å²) in [5, 5.41) is 2.93. The van der Waals surface area contributed by atoms with Gasteiger partial charge in [-0.3, -0.25) is 4.79 Å². The predicted octanol–water partition coefficient (Wildman–Crippen LogP) is 2.98. The number of rotatable bonds is 4. The maximum absolute atomic E-state index is 13.6. The van der Waals surface area contributed by atoms with Gasteiger partial charge in [-0.2, -0.15) is 0 Å². The van der Waals surface area contributed by atoms with Crippen molar-refractivity contribution >= 4 is 5.91 Å². The quantitative estimate of drug-likeness (QED) is 0.891. The maximum Gasteiger partial charge on any atom is 0.223 e. The molecule has 0 radical (unpaired) electrons. The molecular weight excluding hydrogens is 248 g/mol. The van der Waals surface area contributed by atoms with Crippen LogP contribution in [-0.2, 0) is 4.79 Å². The van der Waals surface area contributed by atoms with Gasteiger partial charge in [0.05, 0.1) is 0 Å². The molecule has 2 aliphatic rings. The molecule has 0 aromatic heterocycles. The normalized spacial score (nSPS) is 25.8. The molecule has 4 heteroatoms. The summed E-state index contributed by atoms with van der Waals surface area (Å²) in [5.41, 5.74) is 0.337. The van der Waals surface area contributed by atoms with Crippen LogP contribution in [0.3, 0.4) is 0 Å². The van der Waals surface area contributed by atoms with Gasteiger partial charge in [-0.05, 0) is 42.7 Å². The van der Waals surface area contributed by atoms with E-state index in [1.807, 2.05) is 0 Å². The van der Waals surface area contributed by atoms with Crippen molar-refractivity contribution in [1.82, 2.24) is 5.32 Å². The molecule has 2 saturated carbocycles. The average Bonchev–Trinajstić information content (AvgIpc) is 3.10. The van der Waals surface area contributed by atoms with Crippen molar-refractivity contribution in [1.29, 1.82) is 0 Å². The molecule has 1 aromatic carbocycles. The van der Waals surface area contributed by atoms with Gasteiger partial charge in [0, 0.05) is 12.5 Å². The molecule has 102 valence electrons. The van der Waals surface area contributed by atoms with Crippen LogP contribution in [0.1, 0.15) is 37.2 Å². The molecule has 2 atom stereocenters. The van der Waals surface area contributed by atoms with Crippen molar-refractivity contribution in [2.75, 3.05) is 6.54 Å². The van der Waals surface area contributed by atoms with Crippen LogP contribution in [0.2, 0.25) is 0 Å². The second-order valence-corrected chi connectivity index (χ2v) is 5.63. The molecule has 0 unspecified atom stereocenters. The number of nitrogens with one attached hydrogen (secondary N) is 1. The van der Waals surface area contributed by atoms with E-state index in [1.165, 1.54) is 25.3 Å². The number of hydrogen-bond donors (Lipinski definition) is 1. The fraction of sp³-hybridized carbons (Fsp3) is 0.533. The van der Waals surface area contributed by atoms with E-state index in [1.54, 1.807) is 6.07 Å². The molecule has 0 heterocycles. The number of halogens is 2. The lowest BCUT2D eigenvalue weighted by atomic mass is 9.85. The summed E-state index contributed by atoms with van der Waals surface area (Å²) in [6, 6.07) is 4.17. The zero-order valence-corrected chi connectivity index (χ0v) is 10.7. The Labute approximate surface area is 111 Å². The summed E-state index contributed by atoms with van der Waals surface area (Å²) >= 11 is 0. The Bertz CT molecular complexity index is 499. The topological polar surface area (TPSA) is 29.1 Å². The van der Waals surface area contributed by atoms with Crippen LogP contribution in [0.15, 0.2) is 18.2 Å². The molecular formula is C15H17F2NO. The lowest BCUT2D eigenvalue weighted by Gasteiger charge is -2.25. The number of benzene rings is 1. The highest BCUT2D eigenvalue weighted by atomic mass is 19.2. The molecule has 0 spiro atoms. The van der Waals surface area contributed by atoms with E-state index in [0.29, 0.717) is 17.9 Å². The fourth-order valence-electron chi connectivity index (χ4n) is 2.71. The zero-order valence-electron chi connectivity index (χ0n) is 10.7. The van der Waals surface area contributed by atoms with Crippen molar-refractivity contribution in [3.05, 3.63) is 35.4 Å². The van der Waals surface area contributed by atoms with Gasteiger partial charge in [0.1, 0.15) is 0 Å². The highest BCUT2D eigenvalue weighted by molar-refractivity contribution is 5.82. The van der Waals surface area contributed by atoms with Crippen molar-refractivity contribution in [2.45, 2.75) is 31.6 Å². The Morgan fingerprint density at radius 2 is 2.11 bits per heavy atom. The highest BCUT2D eigenvalue weighted by Gasteiger charge is 2.45. The van der Waals surface area contributed by atoms with Gasteiger partial charge < -0.3 is 5.32 Å². The molecule has 1 N–H and O–H groups in total. The molecule has 2 aliphatic carbocycles. The molecule has 0 bridgehead atoms. The highest BCUT2D eigenvalue weighted by Crippen LogP contribution is 2.48. The first kappa shape index (κ1) is 12.6.